The van der Waals surface area contributed by atoms with Gasteiger partial charge in [-0.25, -0.2) is 0 Å². The highest BCUT2D eigenvalue weighted by atomic mass is 35.5. The Hall–Kier alpha value is -3.12. The molecular weight excluding hydrogens is 354 g/mol. The Morgan fingerprint density at radius 2 is 1.50 bits per heavy atom. The van der Waals surface area contributed by atoms with Crippen molar-refractivity contribution in [2.45, 2.75) is 6.92 Å². The van der Waals surface area contributed by atoms with Gasteiger partial charge in [-0.05, 0) is 48.0 Å². The Balaban J connectivity index is 1.78. The standard InChI is InChI=1S/C19H18ClN3O3/c1-13(24)22-16-7-2-14(3-8-16)4-11-18(25)21-12-19(26)23-17-9-5-15(20)6-10-17/h2-11H,12H2,1H3,(H,21,25)(H,22,24)(H,23,26)/b11-4+. The molecule has 0 aliphatic carbocycles. The molecular formula is C19H18ClN3O3. The van der Waals surface area contributed by atoms with E-state index in [1.807, 2.05) is 0 Å². The minimum absolute atomic E-state index is 0.146. The summed E-state index contributed by atoms with van der Waals surface area (Å²) in [5.74, 6) is -0.875. The molecule has 2 rings (SSSR count). The van der Waals surface area contributed by atoms with E-state index in [2.05, 4.69) is 16.0 Å². The van der Waals surface area contributed by atoms with Crippen molar-refractivity contribution in [3.63, 3.8) is 0 Å². The van der Waals surface area contributed by atoms with Crippen molar-refractivity contribution in [1.29, 1.82) is 0 Å². The number of anilines is 2. The van der Waals surface area contributed by atoms with E-state index >= 15 is 0 Å². The van der Waals surface area contributed by atoms with Crippen LogP contribution in [0.25, 0.3) is 6.08 Å². The van der Waals surface area contributed by atoms with Gasteiger partial charge in [0.1, 0.15) is 0 Å². The lowest BCUT2D eigenvalue weighted by molar-refractivity contribution is -0.121. The summed E-state index contributed by atoms with van der Waals surface area (Å²) in [6.07, 6.45) is 2.95. The van der Waals surface area contributed by atoms with Gasteiger partial charge in [-0.3, -0.25) is 14.4 Å². The maximum absolute atomic E-state index is 11.8. The van der Waals surface area contributed by atoms with Crippen molar-refractivity contribution in [2.24, 2.45) is 0 Å². The van der Waals surface area contributed by atoms with Crippen LogP contribution in [0.4, 0.5) is 11.4 Å². The third-order valence-electron chi connectivity index (χ3n) is 3.21. The molecule has 0 bridgehead atoms. The first-order chi connectivity index (χ1) is 12.4. The molecule has 0 radical (unpaired) electrons. The highest BCUT2D eigenvalue weighted by Crippen LogP contribution is 2.13. The first kappa shape index (κ1) is 19.2. The number of halogens is 1. The normalized spacial score (nSPS) is 10.4. The summed E-state index contributed by atoms with van der Waals surface area (Å²) in [5.41, 5.74) is 2.07. The van der Waals surface area contributed by atoms with E-state index in [1.54, 1.807) is 54.6 Å². The molecule has 7 heteroatoms. The molecule has 0 saturated heterocycles. The van der Waals surface area contributed by atoms with Gasteiger partial charge in [-0.15, -0.1) is 0 Å². The molecule has 0 saturated carbocycles. The van der Waals surface area contributed by atoms with E-state index in [9.17, 15) is 14.4 Å². The molecule has 2 aromatic carbocycles. The average Bonchev–Trinajstić information content (AvgIpc) is 2.61. The van der Waals surface area contributed by atoms with E-state index in [0.717, 1.165) is 5.56 Å². The van der Waals surface area contributed by atoms with Crippen molar-refractivity contribution in [1.82, 2.24) is 5.32 Å². The number of hydrogen-bond donors (Lipinski definition) is 3. The molecule has 0 aromatic heterocycles. The Bertz CT molecular complexity index is 815. The Morgan fingerprint density at radius 1 is 0.923 bits per heavy atom. The van der Waals surface area contributed by atoms with Crippen molar-refractivity contribution < 1.29 is 14.4 Å². The minimum Gasteiger partial charge on any atom is -0.343 e. The van der Waals surface area contributed by atoms with Crippen LogP contribution in [0.3, 0.4) is 0 Å². The Labute approximate surface area is 156 Å². The highest BCUT2D eigenvalue weighted by Gasteiger charge is 2.04. The van der Waals surface area contributed by atoms with Gasteiger partial charge in [0.15, 0.2) is 0 Å². The van der Waals surface area contributed by atoms with E-state index < -0.39 is 0 Å². The molecule has 2 aromatic rings. The third kappa shape index (κ3) is 6.78. The van der Waals surface area contributed by atoms with Crippen LogP contribution < -0.4 is 16.0 Å². The summed E-state index contributed by atoms with van der Waals surface area (Å²) in [6.45, 7) is 1.29. The zero-order valence-electron chi connectivity index (χ0n) is 14.1. The van der Waals surface area contributed by atoms with Crippen molar-refractivity contribution in [2.75, 3.05) is 17.2 Å². The summed E-state index contributed by atoms with van der Waals surface area (Å²) in [6, 6.07) is 13.7. The molecule has 3 amide bonds. The topological polar surface area (TPSA) is 87.3 Å². The predicted octanol–water partition coefficient (Wildman–Crippen LogP) is 3.07. The summed E-state index contributed by atoms with van der Waals surface area (Å²) in [5, 5.41) is 8.38. The maximum Gasteiger partial charge on any atom is 0.244 e. The molecule has 134 valence electrons. The summed E-state index contributed by atoms with van der Waals surface area (Å²) >= 11 is 5.77. The van der Waals surface area contributed by atoms with Gasteiger partial charge in [0.2, 0.25) is 17.7 Å². The number of benzene rings is 2. The van der Waals surface area contributed by atoms with E-state index in [1.165, 1.54) is 13.0 Å². The number of nitrogens with one attached hydrogen (secondary N) is 3. The molecule has 0 aliphatic heterocycles. The number of carbonyl (C=O) groups is 3. The van der Waals surface area contributed by atoms with E-state index in [4.69, 9.17) is 11.6 Å². The van der Waals surface area contributed by atoms with Gasteiger partial charge >= 0.3 is 0 Å². The van der Waals surface area contributed by atoms with Crippen molar-refractivity contribution >= 4 is 46.8 Å². The molecule has 26 heavy (non-hydrogen) atoms. The second-order valence-corrected chi connectivity index (χ2v) is 5.85. The summed E-state index contributed by atoms with van der Waals surface area (Å²) < 4.78 is 0. The quantitative estimate of drug-likeness (QED) is 0.682. The number of amides is 3. The van der Waals surface area contributed by atoms with Crippen molar-refractivity contribution in [3.05, 3.63) is 65.2 Å². The van der Waals surface area contributed by atoms with Crippen LogP contribution in [0.1, 0.15) is 12.5 Å². The first-order valence-corrected chi connectivity index (χ1v) is 8.19. The summed E-state index contributed by atoms with van der Waals surface area (Å²) in [7, 11) is 0. The highest BCUT2D eigenvalue weighted by molar-refractivity contribution is 6.30. The van der Waals surface area contributed by atoms with Crippen LogP contribution in [0.2, 0.25) is 5.02 Å². The average molecular weight is 372 g/mol. The molecule has 0 atom stereocenters. The van der Waals surface area contributed by atoms with Crippen LogP contribution in [-0.2, 0) is 14.4 Å². The molecule has 0 spiro atoms. The van der Waals surface area contributed by atoms with Gasteiger partial charge in [0.25, 0.3) is 0 Å². The van der Waals surface area contributed by atoms with E-state index in [0.29, 0.717) is 16.4 Å². The van der Waals surface area contributed by atoms with Crippen LogP contribution in [0, 0.1) is 0 Å². The van der Waals surface area contributed by atoms with Crippen molar-refractivity contribution in [3.8, 4) is 0 Å². The number of hydrogen-bond acceptors (Lipinski definition) is 3. The fraction of sp³-hybridized carbons (Fsp3) is 0.105. The van der Waals surface area contributed by atoms with Crippen LogP contribution in [0.5, 0.6) is 0 Å². The minimum atomic E-state index is -0.387. The number of rotatable bonds is 6. The van der Waals surface area contributed by atoms with Gasteiger partial charge in [0, 0.05) is 29.4 Å². The van der Waals surface area contributed by atoms with Crippen LogP contribution in [0.15, 0.2) is 54.6 Å². The summed E-state index contributed by atoms with van der Waals surface area (Å²) in [4.78, 5) is 34.5. The van der Waals surface area contributed by atoms with Gasteiger partial charge in [0.05, 0.1) is 6.54 Å². The Kier molecular flexibility index (Phi) is 6.93. The smallest absolute Gasteiger partial charge is 0.244 e. The molecule has 0 fully saturated rings. The molecule has 3 N–H and O–H groups in total. The SMILES string of the molecule is CC(=O)Nc1ccc(/C=C/C(=O)NCC(=O)Nc2ccc(Cl)cc2)cc1. The number of carbonyl (C=O) groups excluding carboxylic acids is 3. The second-order valence-electron chi connectivity index (χ2n) is 5.41. The molecule has 6 nitrogen and oxygen atoms in total. The Morgan fingerprint density at radius 3 is 2.12 bits per heavy atom. The largest absolute Gasteiger partial charge is 0.343 e. The third-order valence-corrected chi connectivity index (χ3v) is 3.46. The lowest BCUT2D eigenvalue weighted by Gasteiger charge is -2.05. The fourth-order valence-corrected chi connectivity index (χ4v) is 2.14. The molecule has 0 heterocycles. The lowest BCUT2D eigenvalue weighted by atomic mass is 10.2. The lowest BCUT2D eigenvalue weighted by Crippen LogP contribution is -2.31. The zero-order valence-corrected chi connectivity index (χ0v) is 14.8. The van der Waals surface area contributed by atoms with Crippen LogP contribution >= 0.6 is 11.6 Å². The van der Waals surface area contributed by atoms with Gasteiger partial charge in [-0.2, -0.15) is 0 Å². The molecule has 0 unspecified atom stereocenters. The zero-order chi connectivity index (χ0) is 18.9. The maximum atomic E-state index is 11.8. The van der Waals surface area contributed by atoms with Gasteiger partial charge in [-0.1, -0.05) is 23.7 Å². The predicted molar refractivity (Wildman–Crippen MR) is 103 cm³/mol. The first-order valence-electron chi connectivity index (χ1n) is 7.81. The monoisotopic (exact) mass is 371 g/mol. The van der Waals surface area contributed by atoms with E-state index in [-0.39, 0.29) is 24.3 Å². The molecule has 0 aliphatic rings. The fourth-order valence-electron chi connectivity index (χ4n) is 2.02. The van der Waals surface area contributed by atoms with Crippen LogP contribution in [-0.4, -0.2) is 24.3 Å². The second kappa shape index (κ2) is 9.39. The van der Waals surface area contributed by atoms with Gasteiger partial charge < -0.3 is 16.0 Å².